The molecular formula is C22H26ClN3O2. The molecule has 0 bridgehead atoms. The Balaban J connectivity index is 0.00000225. The average Bonchev–Trinajstić information content (AvgIpc) is 3.19. The molecule has 1 aromatic heterocycles. The lowest BCUT2D eigenvalue weighted by Gasteiger charge is -2.34. The third kappa shape index (κ3) is 5.13. The van der Waals surface area contributed by atoms with Crippen molar-refractivity contribution in [2.45, 2.75) is 13.1 Å². The highest BCUT2D eigenvalue weighted by Crippen LogP contribution is 2.24. The highest BCUT2D eigenvalue weighted by molar-refractivity contribution is 5.85. The minimum atomic E-state index is 0. The number of nitrogens with zero attached hydrogens (tertiary/aromatic N) is 3. The van der Waals surface area contributed by atoms with Crippen molar-refractivity contribution in [2.75, 3.05) is 33.3 Å². The third-order valence-corrected chi connectivity index (χ3v) is 5.02. The van der Waals surface area contributed by atoms with Gasteiger partial charge in [-0.3, -0.25) is 9.80 Å². The zero-order valence-electron chi connectivity index (χ0n) is 16.1. The standard InChI is InChI=1S/C22H25N3O2.ClH/c1-26-20-9-5-8-19(14-20)22-15-21(27-23-22)17-25-12-10-24(11-13-25)16-18-6-3-2-4-7-18;/h2-9,14-15H,10-13,16-17H2,1H3;1H. The molecule has 1 saturated heterocycles. The van der Waals surface area contributed by atoms with E-state index in [4.69, 9.17) is 9.26 Å². The molecular weight excluding hydrogens is 374 g/mol. The van der Waals surface area contributed by atoms with Crippen LogP contribution in [-0.4, -0.2) is 48.2 Å². The molecule has 6 heteroatoms. The number of aromatic nitrogens is 1. The van der Waals surface area contributed by atoms with Crippen molar-refractivity contribution >= 4 is 12.4 Å². The van der Waals surface area contributed by atoms with Crippen LogP contribution in [0.2, 0.25) is 0 Å². The first kappa shape index (κ1) is 20.4. The molecule has 0 atom stereocenters. The van der Waals surface area contributed by atoms with Crippen LogP contribution >= 0.6 is 12.4 Å². The molecule has 0 N–H and O–H groups in total. The summed E-state index contributed by atoms with van der Waals surface area (Å²) < 4.78 is 10.9. The quantitative estimate of drug-likeness (QED) is 0.624. The van der Waals surface area contributed by atoms with Gasteiger partial charge in [0.2, 0.25) is 0 Å². The molecule has 0 radical (unpaired) electrons. The van der Waals surface area contributed by atoms with Crippen LogP contribution in [0.1, 0.15) is 11.3 Å². The lowest BCUT2D eigenvalue weighted by molar-refractivity contribution is 0.114. The van der Waals surface area contributed by atoms with E-state index in [0.717, 1.165) is 62.0 Å². The van der Waals surface area contributed by atoms with E-state index in [0.29, 0.717) is 0 Å². The summed E-state index contributed by atoms with van der Waals surface area (Å²) in [7, 11) is 1.67. The molecule has 1 fully saturated rings. The summed E-state index contributed by atoms with van der Waals surface area (Å²) in [5.41, 5.74) is 3.24. The molecule has 0 amide bonds. The lowest BCUT2D eigenvalue weighted by atomic mass is 10.1. The Morgan fingerprint density at radius 2 is 1.61 bits per heavy atom. The van der Waals surface area contributed by atoms with Crippen LogP contribution in [0.15, 0.2) is 65.2 Å². The van der Waals surface area contributed by atoms with Crippen LogP contribution in [0.25, 0.3) is 11.3 Å². The van der Waals surface area contributed by atoms with Gasteiger partial charge in [-0.05, 0) is 17.7 Å². The van der Waals surface area contributed by atoms with E-state index >= 15 is 0 Å². The zero-order valence-corrected chi connectivity index (χ0v) is 16.9. The van der Waals surface area contributed by atoms with E-state index in [9.17, 15) is 0 Å². The van der Waals surface area contributed by atoms with E-state index in [1.807, 2.05) is 30.3 Å². The fraction of sp³-hybridized carbons (Fsp3) is 0.318. The van der Waals surface area contributed by atoms with Gasteiger partial charge in [0.25, 0.3) is 0 Å². The van der Waals surface area contributed by atoms with E-state index in [-0.39, 0.29) is 12.4 Å². The Morgan fingerprint density at radius 1 is 0.893 bits per heavy atom. The van der Waals surface area contributed by atoms with Gasteiger partial charge >= 0.3 is 0 Å². The van der Waals surface area contributed by atoms with Crippen molar-refractivity contribution in [2.24, 2.45) is 0 Å². The number of piperazine rings is 1. The summed E-state index contributed by atoms with van der Waals surface area (Å²) in [6.07, 6.45) is 0. The van der Waals surface area contributed by atoms with Crippen molar-refractivity contribution in [1.82, 2.24) is 15.0 Å². The van der Waals surface area contributed by atoms with Crippen molar-refractivity contribution < 1.29 is 9.26 Å². The van der Waals surface area contributed by atoms with Gasteiger partial charge in [0.1, 0.15) is 11.4 Å². The maximum Gasteiger partial charge on any atom is 0.151 e. The van der Waals surface area contributed by atoms with Crippen LogP contribution in [0.4, 0.5) is 0 Å². The van der Waals surface area contributed by atoms with Crippen LogP contribution in [0, 0.1) is 0 Å². The summed E-state index contributed by atoms with van der Waals surface area (Å²) >= 11 is 0. The Hall–Kier alpha value is -2.34. The summed E-state index contributed by atoms with van der Waals surface area (Å²) in [4.78, 5) is 4.94. The van der Waals surface area contributed by atoms with Crippen LogP contribution in [-0.2, 0) is 13.1 Å². The molecule has 4 rings (SSSR count). The van der Waals surface area contributed by atoms with E-state index < -0.39 is 0 Å². The van der Waals surface area contributed by atoms with E-state index in [1.54, 1.807) is 7.11 Å². The molecule has 3 aromatic rings. The van der Waals surface area contributed by atoms with Gasteiger partial charge in [-0.1, -0.05) is 47.6 Å². The predicted octanol–water partition coefficient (Wildman–Crippen LogP) is 4.09. The number of halogens is 1. The van der Waals surface area contributed by atoms with Crippen LogP contribution in [0.3, 0.4) is 0 Å². The molecule has 0 saturated carbocycles. The average molecular weight is 400 g/mol. The van der Waals surface area contributed by atoms with Gasteiger partial charge in [-0.15, -0.1) is 12.4 Å². The Kier molecular flexibility index (Phi) is 7.09. The van der Waals surface area contributed by atoms with E-state index in [2.05, 4.69) is 45.3 Å². The first-order chi connectivity index (χ1) is 13.3. The summed E-state index contributed by atoms with van der Waals surface area (Å²) in [5, 5.41) is 4.23. The van der Waals surface area contributed by atoms with Crippen molar-refractivity contribution in [3.05, 3.63) is 72.0 Å². The number of benzene rings is 2. The highest BCUT2D eigenvalue weighted by atomic mass is 35.5. The maximum atomic E-state index is 5.57. The van der Waals surface area contributed by atoms with Gasteiger partial charge in [-0.2, -0.15) is 0 Å². The monoisotopic (exact) mass is 399 g/mol. The molecule has 5 nitrogen and oxygen atoms in total. The molecule has 0 unspecified atom stereocenters. The predicted molar refractivity (Wildman–Crippen MR) is 113 cm³/mol. The fourth-order valence-corrected chi connectivity index (χ4v) is 3.47. The molecule has 0 spiro atoms. The zero-order chi connectivity index (χ0) is 18.5. The molecule has 148 valence electrons. The lowest BCUT2D eigenvalue weighted by Crippen LogP contribution is -2.45. The summed E-state index contributed by atoms with van der Waals surface area (Å²) in [6.45, 7) is 6.06. The van der Waals surface area contributed by atoms with Gasteiger partial charge in [0, 0.05) is 44.4 Å². The maximum absolute atomic E-state index is 5.57. The first-order valence-electron chi connectivity index (χ1n) is 9.39. The Labute approximate surface area is 172 Å². The summed E-state index contributed by atoms with van der Waals surface area (Å²) in [5.74, 6) is 1.73. The molecule has 28 heavy (non-hydrogen) atoms. The SMILES string of the molecule is COc1cccc(-c2cc(CN3CCN(Cc4ccccc4)CC3)on2)c1.Cl. The van der Waals surface area contributed by atoms with Gasteiger partial charge in [0.05, 0.1) is 13.7 Å². The molecule has 1 aliphatic heterocycles. The smallest absolute Gasteiger partial charge is 0.151 e. The van der Waals surface area contributed by atoms with Gasteiger partial charge in [-0.25, -0.2) is 0 Å². The van der Waals surface area contributed by atoms with Crippen LogP contribution < -0.4 is 4.74 Å². The third-order valence-electron chi connectivity index (χ3n) is 5.02. The number of hydrogen-bond acceptors (Lipinski definition) is 5. The molecule has 0 aliphatic carbocycles. The van der Waals surface area contributed by atoms with Gasteiger partial charge < -0.3 is 9.26 Å². The van der Waals surface area contributed by atoms with Crippen molar-refractivity contribution in [3.63, 3.8) is 0 Å². The second-order valence-corrected chi connectivity index (χ2v) is 6.95. The minimum Gasteiger partial charge on any atom is -0.497 e. The normalized spacial score (nSPS) is 15.2. The largest absolute Gasteiger partial charge is 0.497 e. The number of methoxy groups -OCH3 is 1. The van der Waals surface area contributed by atoms with Crippen molar-refractivity contribution in [3.8, 4) is 17.0 Å². The summed E-state index contributed by atoms with van der Waals surface area (Å²) in [6, 6.07) is 20.6. The fourth-order valence-electron chi connectivity index (χ4n) is 3.47. The molecule has 2 aromatic carbocycles. The Morgan fingerprint density at radius 3 is 2.32 bits per heavy atom. The van der Waals surface area contributed by atoms with Crippen LogP contribution in [0.5, 0.6) is 5.75 Å². The Bertz CT molecular complexity index is 861. The van der Waals surface area contributed by atoms with Gasteiger partial charge in [0.15, 0.2) is 5.76 Å². The second-order valence-electron chi connectivity index (χ2n) is 6.95. The second kappa shape index (κ2) is 9.73. The molecule has 1 aliphatic rings. The molecule has 2 heterocycles. The van der Waals surface area contributed by atoms with E-state index in [1.165, 1.54) is 5.56 Å². The highest BCUT2D eigenvalue weighted by Gasteiger charge is 2.19. The first-order valence-corrected chi connectivity index (χ1v) is 9.39. The number of ether oxygens (including phenoxy) is 1. The topological polar surface area (TPSA) is 41.7 Å². The minimum absolute atomic E-state index is 0. The van der Waals surface area contributed by atoms with Crippen molar-refractivity contribution in [1.29, 1.82) is 0 Å². The number of hydrogen-bond donors (Lipinski definition) is 0. The number of rotatable bonds is 6.